The average Bonchev–Trinajstić information content (AvgIpc) is 2.88. The predicted octanol–water partition coefficient (Wildman–Crippen LogP) is 0.697. The van der Waals surface area contributed by atoms with Gasteiger partial charge in [0.05, 0.1) is 6.61 Å². The van der Waals surface area contributed by atoms with E-state index >= 15 is 0 Å². The van der Waals surface area contributed by atoms with E-state index in [0.29, 0.717) is 17.8 Å². The summed E-state index contributed by atoms with van der Waals surface area (Å²) in [5.41, 5.74) is 0.585. The molecule has 2 heterocycles. The molecule has 1 aliphatic heterocycles. The molecule has 1 aromatic heterocycles. The highest BCUT2D eigenvalue weighted by molar-refractivity contribution is 5.25. The van der Waals surface area contributed by atoms with Crippen LogP contribution >= 0.6 is 0 Å². The number of aromatic nitrogens is 1. The van der Waals surface area contributed by atoms with Gasteiger partial charge in [-0.3, -0.25) is 0 Å². The Morgan fingerprint density at radius 3 is 3.06 bits per heavy atom. The van der Waals surface area contributed by atoms with Crippen molar-refractivity contribution in [1.82, 2.24) is 9.88 Å². The zero-order chi connectivity index (χ0) is 11.5. The molecule has 0 saturated carbocycles. The third-order valence-corrected chi connectivity index (χ3v) is 3.18. The van der Waals surface area contributed by atoms with Gasteiger partial charge in [-0.2, -0.15) is 4.98 Å². The molecule has 0 amide bonds. The lowest BCUT2D eigenvalue weighted by molar-refractivity contribution is 0.276. The summed E-state index contributed by atoms with van der Waals surface area (Å²) < 4.78 is 5.30. The second kappa shape index (κ2) is 4.84. The molecule has 16 heavy (non-hydrogen) atoms. The SMILES string of the molecule is CN(CC1CCCN1C)c1nc(CO)co1. The molecule has 0 radical (unpaired) electrons. The van der Waals surface area contributed by atoms with Gasteiger partial charge in [-0.1, -0.05) is 0 Å². The van der Waals surface area contributed by atoms with Gasteiger partial charge in [-0.05, 0) is 26.4 Å². The number of likely N-dealkylation sites (tertiary alicyclic amines) is 1. The highest BCUT2D eigenvalue weighted by Crippen LogP contribution is 2.18. The van der Waals surface area contributed by atoms with E-state index < -0.39 is 0 Å². The van der Waals surface area contributed by atoms with Crippen LogP contribution in [0.1, 0.15) is 18.5 Å². The largest absolute Gasteiger partial charge is 0.432 e. The minimum Gasteiger partial charge on any atom is -0.432 e. The van der Waals surface area contributed by atoms with Crippen molar-refractivity contribution in [3.8, 4) is 0 Å². The molecule has 0 bridgehead atoms. The number of anilines is 1. The molecule has 0 aromatic carbocycles. The first kappa shape index (κ1) is 11.4. The second-order valence-corrected chi connectivity index (χ2v) is 4.44. The predicted molar refractivity (Wildman–Crippen MR) is 61.3 cm³/mol. The second-order valence-electron chi connectivity index (χ2n) is 4.44. The van der Waals surface area contributed by atoms with E-state index in [1.165, 1.54) is 25.6 Å². The van der Waals surface area contributed by atoms with E-state index in [9.17, 15) is 0 Å². The first-order valence-electron chi connectivity index (χ1n) is 5.67. The van der Waals surface area contributed by atoms with Crippen LogP contribution in [0, 0.1) is 0 Å². The Morgan fingerprint density at radius 2 is 2.50 bits per heavy atom. The summed E-state index contributed by atoms with van der Waals surface area (Å²) in [6.45, 7) is 2.02. The minimum atomic E-state index is -0.0688. The lowest BCUT2D eigenvalue weighted by atomic mass is 10.2. The molecular weight excluding hydrogens is 206 g/mol. The molecule has 5 heteroatoms. The van der Waals surface area contributed by atoms with Gasteiger partial charge in [0, 0.05) is 19.6 Å². The maximum Gasteiger partial charge on any atom is 0.297 e. The lowest BCUT2D eigenvalue weighted by Crippen LogP contribution is -2.36. The van der Waals surface area contributed by atoms with Gasteiger partial charge in [0.1, 0.15) is 12.0 Å². The van der Waals surface area contributed by atoms with Crippen molar-refractivity contribution in [2.24, 2.45) is 0 Å². The summed E-state index contributed by atoms with van der Waals surface area (Å²) in [6, 6.07) is 1.17. The Hall–Kier alpha value is -1.07. The molecule has 1 N–H and O–H groups in total. The highest BCUT2D eigenvalue weighted by Gasteiger charge is 2.23. The van der Waals surface area contributed by atoms with E-state index in [1.54, 1.807) is 0 Å². The molecule has 1 aliphatic rings. The van der Waals surface area contributed by atoms with Crippen molar-refractivity contribution < 1.29 is 9.52 Å². The molecular formula is C11H19N3O2. The monoisotopic (exact) mass is 225 g/mol. The van der Waals surface area contributed by atoms with Crippen molar-refractivity contribution in [3.63, 3.8) is 0 Å². The van der Waals surface area contributed by atoms with E-state index in [-0.39, 0.29) is 6.61 Å². The summed E-state index contributed by atoms with van der Waals surface area (Å²) >= 11 is 0. The molecule has 1 saturated heterocycles. The number of oxazole rings is 1. The van der Waals surface area contributed by atoms with Crippen LogP contribution in [0.4, 0.5) is 6.01 Å². The van der Waals surface area contributed by atoms with Crippen molar-refractivity contribution in [2.75, 3.05) is 32.1 Å². The summed E-state index contributed by atoms with van der Waals surface area (Å²) in [4.78, 5) is 8.56. The fraction of sp³-hybridized carbons (Fsp3) is 0.727. The Morgan fingerprint density at radius 1 is 1.69 bits per heavy atom. The number of rotatable bonds is 4. The summed E-state index contributed by atoms with van der Waals surface area (Å²) in [5, 5.41) is 8.91. The maximum atomic E-state index is 8.91. The van der Waals surface area contributed by atoms with Crippen LogP contribution in [0.25, 0.3) is 0 Å². The van der Waals surface area contributed by atoms with Gasteiger partial charge in [0.2, 0.25) is 0 Å². The number of hydrogen-bond acceptors (Lipinski definition) is 5. The van der Waals surface area contributed by atoms with Gasteiger partial charge < -0.3 is 19.3 Å². The fourth-order valence-electron chi connectivity index (χ4n) is 2.15. The Bertz CT molecular complexity index is 340. The van der Waals surface area contributed by atoms with Crippen molar-refractivity contribution in [3.05, 3.63) is 12.0 Å². The highest BCUT2D eigenvalue weighted by atomic mass is 16.4. The third-order valence-electron chi connectivity index (χ3n) is 3.18. The number of aliphatic hydroxyl groups is 1. The molecule has 0 aliphatic carbocycles. The molecule has 5 nitrogen and oxygen atoms in total. The average molecular weight is 225 g/mol. The zero-order valence-corrected chi connectivity index (χ0v) is 9.89. The Labute approximate surface area is 95.7 Å². The van der Waals surface area contributed by atoms with E-state index in [2.05, 4.69) is 16.9 Å². The van der Waals surface area contributed by atoms with Gasteiger partial charge >= 0.3 is 0 Å². The van der Waals surface area contributed by atoms with Crippen LogP contribution in [-0.4, -0.2) is 48.2 Å². The standard InChI is InChI=1S/C11H19N3O2/c1-13-5-3-4-10(13)6-14(2)11-12-9(7-15)8-16-11/h8,10,15H,3-7H2,1-2H3. The smallest absolute Gasteiger partial charge is 0.297 e. The van der Waals surface area contributed by atoms with Crippen molar-refractivity contribution in [2.45, 2.75) is 25.5 Å². The summed E-state index contributed by atoms with van der Waals surface area (Å²) in [7, 11) is 4.12. The maximum absolute atomic E-state index is 8.91. The molecule has 1 atom stereocenters. The molecule has 2 rings (SSSR count). The quantitative estimate of drug-likeness (QED) is 0.817. The summed E-state index contributed by atoms with van der Waals surface area (Å²) in [5.74, 6) is 0. The van der Waals surface area contributed by atoms with Crippen molar-refractivity contribution >= 4 is 6.01 Å². The Kier molecular flexibility index (Phi) is 3.46. The van der Waals surface area contributed by atoms with Gasteiger partial charge in [-0.25, -0.2) is 0 Å². The normalized spacial score (nSPS) is 21.6. The van der Waals surface area contributed by atoms with Crippen LogP contribution in [0.5, 0.6) is 0 Å². The minimum absolute atomic E-state index is 0.0688. The van der Waals surface area contributed by atoms with E-state index in [1.807, 2.05) is 11.9 Å². The topological polar surface area (TPSA) is 52.7 Å². The van der Waals surface area contributed by atoms with Gasteiger partial charge in [-0.15, -0.1) is 0 Å². The number of aliphatic hydroxyl groups excluding tert-OH is 1. The van der Waals surface area contributed by atoms with E-state index in [4.69, 9.17) is 9.52 Å². The number of nitrogens with zero attached hydrogens (tertiary/aromatic N) is 3. The van der Waals surface area contributed by atoms with Crippen LogP contribution < -0.4 is 4.90 Å². The van der Waals surface area contributed by atoms with Crippen LogP contribution in [0.2, 0.25) is 0 Å². The zero-order valence-electron chi connectivity index (χ0n) is 9.89. The van der Waals surface area contributed by atoms with Crippen molar-refractivity contribution in [1.29, 1.82) is 0 Å². The van der Waals surface area contributed by atoms with Gasteiger partial charge in [0.15, 0.2) is 0 Å². The number of likely N-dealkylation sites (N-methyl/N-ethyl adjacent to an activating group) is 2. The lowest BCUT2D eigenvalue weighted by Gasteiger charge is -2.24. The van der Waals surface area contributed by atoms with E-state index in [0.717, 1.165) is 6.54 Å². The van der Waals surface area contributed by atoms with Crippen LogP contribution in [0.15, 0.2) is 10.7 Å². The first-order valence-corrected chi connectivity index (χ1v) is 5.67. The molecule has 1 fully saturated rings. The Balaban J connectivity index is 1.94. The van der Waals surface area contributed by atoms with Crippen LogP contribution in [0.3, 0.4) is 0 Å². The molecule has 90 valence electrons. The summed E-state index contributed by atoms with van der Waals surface area (Å²) in [6.07, 6.45) is 4.00. The molecule has 0 spiro atoms. The van der Waals surface area contributed by atoms with Gasteiger partial charge in [0.25, 0.3) is 6.01 Å². The molecule has 1 unspecified atom stereocenters. The fourth-order valence-corrected chi connectivity index (χ4v) is 2.15. The first-order chi connectivity index (χ1) is 7.70. The number of hydrogen-bond donors (Lipinski definition) is 1. The van der Waals surface area contributed by atoms with Crippen LogP contribution in [-0.2, 0) is 6.61 Å². The third kappa shape index (κ3) is 2.36. The molecule has 1 aromatic rings.